The van der Waals surface area contributed by atoms with Crippen molar-refractivity contribution >= 4 is 5.97 Å². The van der Waals surface area contributed by atoms with Crippen molar-refractivity contribution in [2.45, 2.75) is 25.9 Å². The summed E-state index contributed by atoms with van der Waals surface area (Å²) >= 11 is 0. The summed E-state index contributed by atoms with van der Waals surface area (Å²) < 4.78 is 1.37. The number of carboxylic acid groups (broad SMARTS) is 1. The van der Waals surface area contributed by atoms with Gasteiger partial charge in [-0.15, -0.1) is 5.10 Å². The van der Waals surface area contributed by atoms with E-state index in [-0.39, 0.29) is 6.54 Å². The molecule has 6 heteroatoms. The number of likely N-dealkylation sites (tertiary alicyclic amines) is 1. The third-order valence-electron chi connectivity index (χ3n) is 3.34. The number of carboxylic acids is 1. The van der Waals surface area contributed by atoms with Crippen LogP contribution in [0.1, 0.15) is 18.5 Å². The van der Waals surface area contributed by atoms with Crippen LogP contribution in [0.15, 0.2) is 6.20 Å². The zero-order valence-corrected chi connectivity index (χ0v) is 8.96. The number of rotatable bonds is 4. The third kappa shape index (κ3) is 1.80. The van der Waals surface area contributed by atoms with Gasteiger partial charge in [0.1, 0.15) is 6.54 Å². The van der Waals surface area contributed by atoms with Crippen molar-refractivity contribution in [3.8, 4) is 0 Å². The van der Waals surface area contributed by atoms with Gasteiger partial charge in [-0.05, 0) is 18.3 Å². The first-order chi connectivity index (χ1) is 7.65. The minimum atomic E-state index is -0.891. The van der Waals surface area contributed by atoms with Crippen LogP contribution < -0.4 is 0 Å². The SMILES string of the molecule is O=C(O)Cn1cc(CN2CC3(CC3)C2)nn1. The van der Waals surface area contributed by atoms with Crippen LogP contribution >= 0.6 is 0 Å². The lowest BCUT2D eigenvalue weighted by molar-refractivity contribution is -0.137. The Kier molecular flexibility index (Phi) is 2.00. The molecule has 1 saturated carbocycles. The van der Waals surface area contributed by atoms with Crippen LogP contribution in [0.2, 0.25) is 0 Å². The molecule has 1 aromatic heterocycles. The molecule has 1 aliphatic carbocycles. The molecule has 0 amide bonds. The molecule has 1 aliphatic heterocycles. The highest BCUT2D eigenvalue weighted by molar-refractivity contribution is 5.66. The molecule has 0 aromatic carbocycles. The summed E-state index contributed by atoms with van der Waals surface area (Å²) in [5, 5.41) is 16.3. The maximum atomic E-state index is 10.5. The highest BCUT2D eigenvalue weighted by Crippen LogP contribution is 2.52. The Labute approximate surface area is 92.9 Å². The zero-order chi connectivity index (χ0) is 11.2. The predicted molar refractivity (Wildman–Crippen MR) is 54.6 cm³/mol. The number of nitrogens with zero attached hydrogens (tertiary/aromatic N) is 4. The second-order valence-corrected chi connectivity index (χ2v) is 4.95. The Hall–Kier alpha value is -1.43. The molecule has 86 valence electrons. The average Bonchev–Trinajstić information content (AvgIpc) is 2.82. The molecule has 1 spiro atoms. The van der Waals surface area contributed by atoms with Gasteiger partial charge in [-0.1, -0.05) is 5.21 Å². The summed E-state index contributed by atoms with van der Waals surface area (Å²) in [5.74, 6) is -0.891. The average molecular weight is 222 g/mol. The van der Waals surface area contributed by atoms with Crippen molar-refractivity contribution in [2.75, 3.05) is 13.1 Å². The Bertz CT molecular complexity index is 416. The molecule has 2 aliphatic rings. The molecule has 0 bridgehead atoms. The van der Waals surface area contributed by atoms with E-state index in [2.05, 4.69) is 15.2 Å². The highest BCUT2D eigenvalue weighted by atomic mass is 16.4. The summed E-state index contributed by atoms with van der Waals surface area (Å²) in [6, 6.07) is 0. The molecule has 1 aromatic rings. The van der Waals surface area contributed by atoms with E-state index in [4.69, 9.17) is 5.11 Å². The number of carbonyl (C=O) groups is 1. The first kappa shape index (κ1) is 9.77. The van der Waals surface area contributed by atoms with Crippen molar-refractivity contribution < 1.29 is 9.90 Å². The van der Waals surface area contributed by atoms with E-state index in [1.54, 1.807) is 6.20 Å². The van der Waals surface area contributed by atoms with Crippen molar-refractivity contribution in [2.24, 2.45) is 5.41 Å². The minimum Gasteiger partial charge on any atom is -0.480 e. The summed E-state index contributed by atoms with van der Waals surface area (Å²) in [7, 11) is 0. The van der Waals surface area contributed by atoms with Gasteiger partial charge in [-0.25, -0.2) is 4.68 Å². The molecule has 2 fully saturated rings. The van der Waals surface area contributed by atoms with Crippen LogP contribution in [0.5, 0.6) is 0 Å². The summed E-state index contributed by atoms with van der Waals surface area (Å²) in [5.41, 5.74) is 1.51. The lowest BCUT2D eigenvalue weighted by atomic mass is 9.97. The molecule has 3 rings (SSSR count). The normalized spacial score (nSPS) is 22.0. The molecule has 16 heavy (non-hydrogen) atoms. The topological polar surface area (TPSA) is 71.2 Å². The number of hydrogen-bond donors (Lipinski definition) is 1. The standard InChI is InChI=1S/C10H14N4O2/c15-9(16)5-14-4-8(11-12-14)3-13-6-10(7-13)1-2-10/h4H,1-3,5-7H2,(H,15,16). The highest BCUT2D eigenvalue weighted by Gasteiger charge is 2.51. The summed E-state index contributed by atoms with van der Waals surface area (Å²) in [6.45, 7) is 3.01. The van der Waals surface area contributed by atoms with Gasteiger partial charge in [0, 0.05) is 19.6 Å². The maximum absolute atomic E-state index is 10.5. The molecule has 0 atom stereocenters. The lowest BCUT2D eigenvalue weighted by Gasteiger charge is -2.39. The molecular formula is C10H14N4O2. The Morgan fingerprint density at radius 3 is 2.88 bits per heavy atom. The van der Waals surface area contributed by atoms with Crippen molar-refractivity contribution in [3.63, 3.8) is 0 Å². The van der Waals surface area contributed by atoms with Crippen molar-refractivity contribution in [1.29, 1.82) is 0 Å². The van der Waals surface area contributed by atoms with Crippen LogP contribution in [0.25, 0.3) is 0 Å². The first-order valence-electron chi connectivity index (χ1n) is 5.48. The fourth-order valence-electron chi connectivity index (χ4n) is 2.36. The van der Waals surface area contributed by atoms with Crippen LogP contribution in [-0.2, 0) is 17.9 Å². The van der Waals surface area contributed by atoms with Gasteiger partial charge in [-0.3, -0.25) is 9.69 Å². The molecular weight excluding hydrogens is 208 g/mol. The predicted octanol–water partition coefficient (Wildman–Crippen LogP) is -0.0415. The largest absolute Gasteiger partial charge is 0.480 e. The van der Waals surface area contributed by atoms with E-state index in [9.17, 15) is 4.79 Å². The summed E-state index contributed by atoms with van der Waals surface area (Å²) in [6.07, 6.45) is 4.45. The van der Waals surface area contributed by atoms with Crippen molar-refractivity contribution in [1.82, 2.24) is 19.9 Å². The van der Waals surface area contributed by atoms with Crippen LogP contribution in [0.3, 0.4) is 0 Å². The second kappa shape index (κ2) is 3.28. The molecule has 1 saturated heterocycles. The first-order valence-corrected chi connectivity index (χ1v) is 5.48. The van der Waals surface area contributed by atoms with Gasteiger partial charge >= 0.3 is 5.97 Å². The van der Waals surface area contributed by atoms with Crippen LogP contribution in [-0.4, -0.2) is 44.1 Å². The lowest BCUT2D eigenvalue weighted by Crippen LogP contribution is -2.47. The Balaban J connectivity index is 1.54. The zero-order valence-electron chi connectivity index (χ0n) is 8.96. The van der Waals surface area contributed by atoms with Gasteiger partial charge in [0.25, 0.3) is 0 Å². The van der Waals surface area contributed by atoms with Gasteiger partial charge in [0.15, 0.2) is 0 Å². The third-order valence-corrected chi connectivity index (χ3v) is 3.34. The monoisotopic (exact) mass is 222 g/mol. The van der Waals surface area contributed by atoms with Crippen LogP contribution in [0, 0.1) is 5.41 Å². The molecule has 2 heterocycles. The van der Waals surface area contributed by atoms with Gasteiger partial charge in [0.2, 0.25) is 0 Å². The van der Waals surface area contributed by atoms with Crippen LogP contribution in [0.4, 0.5) is 0 Å². The van der Waals surface area contributed by atoms with Gasteiger partial charge in [-0.2, -0.15) is 0 Å². The number of aliphatic carboxylic acids is 1. The smallest absolute Gasteiger partial charge is 0.325 e. The van der Waals surface area contributed by atoms with E-state index in [1.807, 2.05) is 0 Å². The van der Waals surface area contributed by atoms with Crippen molar-refractivity contribution in [3.05, 3.63) is 11.9 Å². The van der Waals surface area contributed by atoms with E-state index in [0.29, 0.717) is 5.41 Å². The quantitative estimate of drug-likeness (QED) is 0.774. The van der Waals surface area contributed by atoms with Gasteiger partial charge in [0.05, 0.1) is 11.9 Å². The number of hydrogen-bond acceptors (Lipinski definition) is 4. The molecule has 0 radical (unpaired) electrons. The molecule has 1 N–H and O–H groups in total. The van der Waals surface area contributed by atoms with E-state index in [1.165, 1.54) is 30.6 Å². The van der Waals surface area contributed by atoms with Gasteiger partial charge < -0.3 is 5.11 Å². The number of aromatic nitrogens is 3. The maximum Gasteiger partial charge on any atom is 0.325 e. The fraction of sp³-hybridized carbons (Fsp3) is 0.700. The Morgan fingerprint density at radius 1 is 1.50 bits per heavy atom. The van der Waals surface area contributed by atoms with E-state index >= 15 is 0 Å². The van der Waals surface area contributed by atoms with E-state index in [0.717, 1.165) is 12.2 Å². The van der Waals surface area contributed by atoms with E-state index < -0.39 is 5.97 Å². The second-order valence-electron chi connectivity index (χ2n) is 4.95. The summed E-state index contributed by atoms with van der Waals surface area (Å²) in [4.78, 5) is 12.8. The fourth-order valence-corrected chi connectivity index (χ4v) is 2.36. The minimum absolute atomic E-state index is 0.114. The molecule has 6 nitrogen and oxygen atoms in total. The molecule has 0 unspecified atom stereocenters. The Morgan fingerprint density at radius 2 is 2.25 bits per heavy atom.